The number of aryl methyl sites for hydroxylation is 1. The maximum absolute atomic E-state index is 12.5. The first-order chi connectivity index (χ1) is 9.13. The van der Waals surface area contributed by atoms with Gasteiger partial charge in [-0.2, -0.15) is 0 Å². The van der Waals surface area contributed by atoms with Crippen LogP contribution in [0.3, 0.4) is 0 Å². The first-order valence-corrected chi connectivity index (χ1v) is 6.35. The standard InChI is InChI=1S/C15H18N2O2/c1-3-9-17(13-6-4-12(16)5-7-13)15(18)14-11(2)8-10-19-14/h4-8,10H,3,9,16H2,1-2H3. The summed E-state index contributed by atoms with van der Waals surface area (Å²) in [6, 6.07) is 9.07. The molecule has 0 spiro atoms. The largest absolute Gasteiger partial charge is 0.459 e. The van der Waals surface area contributed by atoms with Gasteiger partial charge in [0.1, 0.15) is 0 Å². The van der Waals surface area contributed by atoms with Crippen LogP contribution in [0, 0.1) is 6.92 Å². The zero-order valence-electron chi connectivity index (χ0n) is 11.2. The van der Waals surface area contributed by atoms with Crippen molar-refractivity contribution in [3.63, 3.8) is 0 Å². The van der Waals surface area contributed by atoms with Crippen LogP contribution in [0.25, 0.3) is 0 Å². The molecule has 0 saturated carbocycles. The van der Waals surface area contributed by atoms with Gasteiger partial charge in [0.2, 0.25) is 0 Å². The highest BCUT2D eigenvalue weighted by Crippen LogP contribution is 2.21. The summed E-state index contributed by atoms with van der Waals surface area (Å²) in [7, 11) is 0. The number of hydrogen-bond donors (Lipinski definition) is 1. The van der Waals surface area contributed by atoms with Gasteiger partial charge in [0, 0.05) is 23.5 Å². The van der Waals surface area contributed by atoms with Gasteiger partial charge in [-0.05, 0) is 43.7 Å². The average Bonchev–Trinajstić information content (AvgIpc) is 2.83. The summed E-state index contributed by atoms with van der Waals surface area (Å²) in [5.74, 6) is 0.277. The van der Waals surface area contributed by atoms with Crippen molar-refractivity contribution >= 4 is 17.3 Å². The van der Waals surface area contributed by atoms with Gasteiger partial charge in [-0.3, -0.25) is 4.79 Å². The van der Waals surface area contributed by atoms with E-state index in [0.717, 1.165) is 17.7 Å². The highest BCUT2D eigenvalue weighted by molar-refractivity contribution is 6.05. The van der Waals surface area contributed by atoms with Crippen LogP contribution < -0.4 is 10.6 Å². The molecular weight excluding hydrogens is 240 g/mol. The van der Waals surface area contributed by atoms with E-state index in [9.17, 15) is 4.79 Å². The van der Waals surface area contributed by atoms with Crippen LogP contribution in [0.4, 0.5) is 11.4 Å². The number of carbonyl (C=O) groups excluding carboxylic acids is 1. The molecule has 1 aromatic heterocycles. The number of benzene rings is 1. The Labute approximate surface area is 112 Å². The van der Waals surface area contributed by atoms with Crippen LogP contribution in [0.1, 0.15) is 29.5 Å². The first-order valence-electron chi connectivity index (χ1n) is 6.35. The number of carbonyl (C=O) groups is 1. The van der Waals surface area contributed by atoms with Crippen LogP contribution in [-0.4, -0.2) is 12.5 Å². The molecule has 0 aliphatic carbocycles. The van der Waals surface area contributed by atoms with Gasteiger partial charge in [0.05, 0.1) is 6.26 Å². The van der Waals surface area contributed by atoms with E-state index in [-0.39, 0.29) is 5.91 Å². The molecule has 0 radical (unpaired) electrons. The van der Waals surface area contributed by atoms with Crippen molar-refractivity contribution in [2.45, 2.75) is 20.3 Å². The molecule has 0 saturated heterocycles. The van der Waals surface area contributed by atoms with Crippen molar-refractivity contribution in [3.05, 3.63) is 47.9 Å². The molecule has 4 heteroatoms. The van der Waals surface area contributed by atoms with Crippen molar-refractivity contribution < 1.29 is 9.21 Å². The second kappa shape index (κ2) is 5.61. The predicted molar refractivity (Wildman–Crippen MR) is 76.3 cm³/mol. The molecule has 1 amide bonds. The number of nitrogens with two attached hydrogens (primary N) is 1. The summed E-state index contributed by atoms with van der Waals surface area (Å²) in [6.07, 6.45) is 2.41. The SMILES string of the molecule is CCCN(C(=O)c1occc1C)c1ccc(N)cc1. The van der Waals surface area contributed by atoms with Crippen LogP contribution in [0.2, 0.25) is 0 Å². The van der Waals surface area contributed by atoms with Gasteiger partial charge >= 0.3 is 0 Å². The predicted octanol–water partition coefficient (Wildman–Crippen LogP) is 3.23. The van der Waals surface area contributed by atoms with Gasteiger partial charge in [-0.1, -0.05) is 6.92 Å². The topological polar surface area (TPSA) is 59.5 Å². The molecule has 0 aliphatic rings. The summed E-state index contributed by atoms with van der Waals surface area (Å²) >= 11 is 0. The molecule has 1 aromatic carbocycles. The molecule has 19 heavy (non-hydrogen) atoms. The van der Waals surface area contributed by atoms with Crippen LogP contribution in [0.5, 0.6) is 0 Å². The fourth-order valence-corrected chi connectivity index (χ4v) is 1.94. The van der Waals surface area contributed by atoms with Crippen molar-refractivity contribution in [2.75, 3.05) is 17.2 Å². The third kappa shape index (κ3) is 2.78. The number of anilines is 2. The van der Waals surface area contributed by atoms with Crippen molar-refractivity contribution in [2.24, 2.45) is 0 Å². The lowest BCUT2D eigenvalue weighted by Gasteiger charge is -2.21. The van der Waals surface area contributed by atoms with Crippen LogP contribution >= 0.6 is 0 Å². The molecule has 2 N–H and O–H groups in total. The number of furan rings is 1. The Balaban J connectivity index is 2.32. The second-order valence-corrected chi connectivity index (χ2v) is 4.48. The highest BCUT2D eigenvalue weighted by Gasteiger charge is 2.21. The van der Waals surface area contributed by atoms with Gasteiger partial charge in [0.25, 0.3) is 5.91 Å². The van der Waals surface area contributed by atoms with Gasteiger partial charge in [-0.15, -0.1) is 0 Å². The number of nitrogen functional groups attached to an aromatic ring is 1. The molecule has 0 unspecified atom stereocenters. The van der Waals surface area contributed by atoms with E-state index in [2.05, 4.69) is 0 Å². The molecule has 0 aliphatic heterocycles. The van der Waals surface area contributed by atoms with Gasteiger partial charge in [-0.25, -0.2) is 0 Å². The maximum Gasteiger partial charge on any atom is 0.294 e. The van der Waals surface area contributed by atoms with Crippen LogP contribution in [0.15, 0.2) is 41.0 Å². The molecular formula is C15H18N2O2. The Morgan fingerprint density at radius 3 is 2.47 bits per heavy atom. The Kier molecular flexibility index (Phi) is 3.90. The van der Waals surface area contributed by atoms with E-state index in [4.69, 9.17) is 10.2 Å². The van der Waals surface area contributed by atoms with E-state index in [0.29, 0.717) is 18.0 Å². The minimum Gasteiger partial charge on any atom is -0.459 e. The summed E-state index contributed by atoms with van der Waals surface area (Å²) < 4.78 is 5.28. The molecule has 0 atom stereocenters. The summed E-state index contributed by atoms with van der Waals surface area (Å²) in [4.78, 5) is 14.2. The smallest absolute Gasteiger partial charge is 0.294 e. The molecule has 2 rings (SSSR count). The zero-order valence-corrected chi connectivity index (χ0v) is 11.2. The normalized spacial score (nSPS) is 10.4. The maximum atomic E-state index is 12.5. The lowest BCUT2D eigenvalue weighted by atomic mass is 10.2. The molecule has 0 bridgehead atoms. The minimum atomic E-state index is -0.117. The van der Waals surface area contributed by atoms with Crippen LogP contribution in [-0.2, 0) is 0 Å². The minimum absolute atomic E-state index is 0.117. The number of nitrogens with zero attached hydrogens (tertiary/aromatic N) is 1. The van der Waals surface area contributed by atoms with E-state index in [1.54, 1.807) is 23.1 Å². The summed E-state index contributed by atoms with van der Waals surface area (Å²) in [5.41, 5.74) is 8.03. The average molecular weight is 258 g/mol. The molecule has 4 nitrogen and oxygen atoms in total. The third-order valence-electron chi connectivity index (χ3n) is 2.95. The first kappa shape index (κ1) is 13.2. The zero-order chi connectivity index (χ0) is 13.8. The monoisotopic (exact) mass is 258 g/mol. The lowest BCUT2D eigenvalue weighted by Crippen LogP contribution is -2.31. The van der Waals surface area contributed by atoms with E-state index in [1.807, 2.05) is 26.0 Å². The fourth-order valence-electron chi connectivity index (χ4n) is 1.94. The van der Waals surface area contributed by atoms with E-state index in [1.165, 1.54) is 6.26 Å². The number of hydrogen-bond acceptors (Lipinski definition) is 3. The Hall–Kier alpha value is -2.23. The Bertz CT molecular complexity index is 558. The second-order valence-electron chi connectivity index (χ2n) is 4.48. The van der Waals surface area contributed by atoms with Crippen molar-refractivity contribution in [1.29, 1.82) is 0 Å². The molecule has 100 valence electrons. The van der Waals surface area contributed by atoms with E-state index >= 15 is 0 Å². The Morgan fingerprint density at radius 2 is 1.95 bits per heavy atom. The summed E-state index contributed by atoms with van der Waals surface area (Å²) in [6.45, 7) is 4.54. The van der Waals surface area contributed by atoms with Gasteiger partial charge < -0.3 is 15.1 Å². The highest BCUT2D eigenvalue weighted by atomic mass is 16.3. The number of rotatable bonds is 4. The lowest BCUT2D eigenvalue weighted by molar-refractivity contribution is 0.0959. The molecule has 2 aromatic rings. The number of amides is 1. The quantitative estimate of drug-likeness (QED) is 0.856. The molecule has 1 heterocycles. The van der Waals surface area contributed by atoms with Crippen molar-refractivity contribution in [1.82, 2.24) is 0 Å². The van der Waals surface area contributed by atoms with Gasteiger partial charge in [0.15, 0.2) is 5.76 Å². The molecule has 0 fully saturated rings. The fraction of sp³-hybridized carbons (Fsp3) is 0.267. The Morgan fingerprint density at radius 1 is 1.26 bits per heavy atom. The summed E-state index contributed by atoms with van der Waals surface area (Å²) in [5, 5.41) is 0. The van der Waals surface area contributed by atoms with Crippen molar-refractivity contribution in [3.8, 4) is 0 Å². The van der Waals surface area contributed by atoms with E-state index < -0.39 is 0 Å². The third-order valence-corrected chi connectivity index (χ3v) is 2.95.